The van der Waals surface area contributed by atoms with Crippen molar-refractivity contribution in [3.8, 4) is 0 Å². The second-order valence-corrected chi connectivity index (χ2v) is 5.40. The van der Waals surface area contributed by atoms with Crippen LogP contribution in [0.25, 0.3) is 0 Å². The van der Waals surface area contributed by atoms with Crippen LogP contribution in [-0.4, -0.2) is 19.0 Å². The molecule has 3 rings (SSSR count). The average Bonchev–Trinajstić information content (AvgIpc) is 2.90. The zero-order valence-corrected chi connectivity index (χ0v) is 12.0. The Labute approximate surface area is 124 Å². The lowest BCUT2D eigenvalue weighted by Crippen LogP contribution is -2.21. The summed E-state index contributed by atoms with van der Waals surface area (Å²) >= 11 is 0. The molecule has 4 N–H and O–H groups in total. The van der Waals surface area contributed by atoms with E-state index < -0.39 is 0 Å². The van der Waals surface area contributed by atoms with Crippen LogP contribution in [-0.2, 0) is 12.8 Å². The monoisotopic (exact) mass is 281 g/mol. The summed E-state index contributed by atoms with van der Waals surface area (Å²) in [6.07, 6.45) is 2.01. The third-order valence-electron chi connectivity index (χ3n) is 3.95. The summed E-state index contributed by atoms with van der Waals surface area (Å²) in [6, 6.07) is 14.2. The number of nitrogens with two attached hydrogens (primary N) is 1. The molecule has 0 unspecified atom stereocenters. The number of nitrogen functional groups attached to an aromatic ring is 1. The number of benzene rings is 2. The maximum absolute atomic E-state index is 11.6. The molecule has 0 atom stereocenters. The molecule has 21 heavy (non-hydrogen) atoms. The number of hydrogen-bond acceptors (Lipinski definition) is 3. The predicted octanol–water partition coefficient (Wildman–Crippen LogP) is 2.21. The van der Waals surface area contributed by atoms with Crippen molar-refractivity contribution in [1.29, 1.82) is 0 Å². The van der Waals surface area contributed by atoms with Crippen LogP contribution in [0.5, 0.6) is 0 Å². The molecule has 0 aromatic heterocycles. The van der Waals surface area contributed by atoms with Gasteiger partial charge < -0.3 is 16.4 Å². The second kappa shape index (κ2) is 5.48. The molecule has 1 aliphatic carbocycles. The number of carbonyl (C=O) groups is 1. The molecule has 0 saturated carbocycles. The zero-order valence-electron chi connectivity index (χ0n) is 12.0. The summed E-state index contributed by atoms with van der Waals surface area (Å²) in [7, 11) is 1.61. The number of nitrogens with one attached hydrogen (secondary N) is 2. The number of hydrogen-bond donors (Lipinski definition) is 3. The Bertz CT molecular complexity index is 656. The quantitative estimate of drug-likeness (QED) is 0.756. The minimum Gasteiger partial charge on any atom is -0.397 e. The molecule has 0 saturated heterocycles. The first kappa shape index (κ1) is 13.5. The molecule has 0 spiro atoms. The van der Waals surface area contributed by atoms with E-state index in [9.17, 15) is 4.79 Å². The van der Waals surface area contributed by atoms with Gasteiger partial charge in [0.2, 0.25) is 0 Å². The van der Waals surface area contributed by atoms with Crippen molar-refractivity contribution in [3.63, 3.8) is 0 Å². The van der Waals surface area contributed by atoms with E-state index in [2.05, 4.69) is 34.9 Å². The molecule has 0 heterocycles. The van der Waals surface area contributed by atoms with Crippen LogP contribution in [0.15, 0.2) is 42.5 Å². The zero-order chi connectivity index (χ0) is 14.8. The molecule has 108 valence electrons. The van der Waals surface area contributed by atoms with Gasteiger partial charge in [-0.3, -0.25) is 4.79 Å². The minimum absolute atomic E-state index is 0.124. The van der Waals surface area contributed by atoms with Crippen molar-refractivity contribution in [3.05, 3.63) is 59.2 Å². The summed E-state index contributed by atoms with van der Waals surface area (Å²) in [5.74, 6) is -0.124. The largest absolute Gasteiger partial charge is 0.397 e. The highest BCUT2D eigenvalue weighted by molar-refractivity contribution is 5.95. The molecule has 1 aliphatic rings. The predicted molar refractivity (Wildman–Crippen MR) is 85.5 cm³/mol. The van der Waals surface area contributed by atoms with Gasteiger partial charge in [0.1, 0.15) is 0 Å². The first-order valence-corrected chi connectivity index (χ1v) is 7.12. The Hall–Kier alpha value is -2.49. The van der Waals surface area contributed by atoms with Crippen molar-refractivity contribution in [2.75, 3.05) is 18.1 Å². The highest BCUT2D eigenvalue weighted by Crippen LogP contribution is 2.27. The molecule has 0 aliphatic heterocycles. The summed E-state index contributed by atoms with van der Waals surface area (Å²) in [4.78, 5) is 11.6. The van der Waals surface area contributed by atoms with E-state index in [-0.39, 0.29) is 5.91 Å². The smallest absolute Gasteiger partial charge is 0.251 e. The summed E-state index contributed by atoms with van der Waals surface area (Å²) in [6.45, 7) is 0. The molecular weight excluding hydrogens is 262 g/mol. The van der Waals surface area contributed by atoms with Gasteiger partial charge in [-0.25, -0.2) is 0 Å². The third-order valence-corrected chi connectivity index (χ3v) is 3.95. The number of amides is 1. The van der Waals surface area contributed by atoms with E-state index in [0.717, 1.165) is 18.5 Å². The molecule has 0 bridgehead atoms. The lowest BCUT2D eigenvalue weighted by atomic mass is 10.1. The first-order valence-electron chi connectivity index (χ1n) is 7.12. The van der Waals surface area contributed by atoms with Crippen LogP contribution in [0.1, 0.15) is 21.5 Å². The lowest BCUT2D eigenvalue weighted by molar-refractivity contribution is 0.0963. The molecule has 0 fully saturated rings. The fraction of sp³-hybridized carbons (Fsp3) is 0.235. The SMILES string of the molecule is CNC(=O)c1ccc(NC2Cc3ccccc3C2)c(N)c1. The topological polar surface area (TPSA) is 67.2 Å². The minimum atomic E-state index is -0.124. The first-order chi connectivity index (χ1) is 10.2. The van der Waals surface area contributed by atoms with Crippen molar-refractivity contribution >= 4 is 17.3 Å². The van der Waals surface area contributed by atoms with Crippen LogP contribution in [0.2, 0.25) is 0 Å². The van der Waals surface area contributed by atoms with Crippen LogP contribution >= 0.6 is 0 Å². The molecule has 1 amide bonds. The van der Waals surface area contributed by atoms with E-state index in [1.54, 1.807) is 19.2 Å². The standard InChI is InChI=1S/C17H19N3O/c1-19-17(21)13-6-7-16(15(18)10-13)20-14-8-11-4-2-3-5-12(11)9-14/h2-7,10,14,20H,8-9,18H2,1H3,(H,19,21). The maximum Gasteiger partial charge on any atom is 0.251 e. The molecule has 2 aromatic rings. The fourth-order valence-electron chi connectivity index (χ4n) is 2.86. The van der Waals surface area contributed by atoms with Gasteiger partial charge in [-0.1, -0.05) is 24.3 Å². The number of rotatable bonds is 3. The molecule has 4 heteroatoms. The molecular formula is C17H19N3O. The average molecular weight is 281 g/mol. The lowest BCUT2D eigenvalue weighted by Gasteiger charge is -2.16. The highest BCUT2D eigenvalue weighted by Gasteiger charge is 2.21. The highest BCUT2D eigenvalue weighted by atomic mass is 16.1. The van der Waals surface area contributed by atoms with Gasteiger partial charge >= 0.3 is 0 Å². The van der Waals surface area contributed by atoms with E-state index in [0.29, 0.717) is 17.3 Å². The Morgan fingerprint density at radius 3 is 2.38 bits per heavy atom. The van der Waals surface area contributed by atoms with Crippen molar-refractivity contribution in [2.24, 2.45) is 0 Å². The summed E-state index contributed by atoms with van der Waals surface area (Å²) in [5.41, 5.74) is 10.9. The van der Waals surface area contributed by atoms with Gasteiger partial charge in [0.15, 0.2) is 0 Å². The van der Waals surface area contributed by atoms with Gasteiger partial charge in [0.25, 0.3) is 5.91 Å². The van der Waals surface area contributed by atoms with Crippen molar-refractivity contribution in [1.82, 2.24) is 5.32 Å². The van der Waals surface area contributed by atoms with Crippen LogP contribution in [0.3, 0.4) is 0 Å². The Morgan fingerprint density at radius 1 is 1.14 bits per heavy atom. The van der Waals surface area contributed by atoms with E-state index in [4.69, 9.17) is 5.73 Å². The van der Waals surface area contributed by atoms with E-state index in [1.807, 2.05) is 6.07 Å². The number of carbonyl (C=O) groups excluding carboxylic acids is 1. The van der Waals surface area contributed by atoms with Crippen LogP contribution in [0.4, 0.5) is 11.4 Å². The van der Waals surface area contributed by atoms with E-state index in [1.165, 1.54) is 11.1 Å². The van der Waals surface area contributed by atoms with Gasteiger partial charge in [-0.05, 0) is 42.2 Å². The summed E-state index contributed by atoms with van der Waals surface area (Å²) in [5, 5.41) is 6.08. The Kier molecular flexibility index (Phi) is 3.52. The summed E-state index contributed by atoms with van der Waals surface area (Å²) < 4.78 is 0. The number of fused-ring (bicyclic) bond motifs is 1. The van der Waals surface area contributed by atoms with Gasteiger partial charge in [-0.15, -0.1) is 0 Å². The van der Waals surface area contributed by atoms with Gasteiger partial charge in [0.05, 0.1) is 11.4 Å². The van der Waals surface area contributed by atoms with Crippen molar-refractivity contribution < 1.29 is 4.79 Å². The van der Waals surface area contributed by atoms with Crippen LogP contribution < -0.4 is 16.4 Å². The van der Waals surface area contributed by atoms with E-state index >= 15 is 0 Å². The fourth-order valence-corrected chi connectivity index (χ4v) is 2.86. The molecule has 4 nitrogen and oxygen atoms in total. The Balaban J connectivity index is 1.74. The van der Waals surface area contributed by atoms with Crippen LogP contribution in [0, 0.1) is 0 Å². The Morgan fingerprint density at radius 2 is 1.81 bits per heavy atom. The second-order valence-electron chi connectivity index (χ2n) is 5.40. The number of anilines is 2. The molecule has 0 radical (unpaired) electrons. The molecule has 2 aromatic carbocycles. The normalized spacial score (nSPS) is 13.8. The van der Waals surface area contributed by atoms with Crippen molar-refractivity contribution in [2.45, 2.75) is 18.9 Å². The third kappa shape index (κ3) is 2.70. The maximum atomic E-state index is 11.6. The van der Waals surface area contributed by atoms with Gasteiger partial charge in [-0.2, -0.15) is 0 Å². The van der Waals surface area contributed by atoms with Gasteiger partial charge in [0, 0.05) is 18.7 Å².